The van der Waals surface area contributed by atoms with Crippen molar-refractivity contribution >= 4 is 5.97 Å². The number of carboxylic acids is 1. The summed E-state index contributed by atoms with van der Waals surface area (Å²) in [7, 11) is 1.55. The van der Waals surface area contributed by atoms with E-state index in [1.165, 1.54) is 0 Å². The molecule has 4 nitrogen and oxygen atoms in total. The summed E-state index contributed by atoms with van der Waals surface area (Å²) in [4.78, 5) is 14.9. The Morgan fingerprint density at radius 3 is 2.61 bits per heavy atom. The van der Waals surface area contributed by atoms with Gasteiger partial charge < -0.3 is 9.84 Å². The third kappa shape index (κ3) is 2.48. The smallest absolute Gasteiger partial charge is 0.307 e. The maximum absolute atomic E-state index is 10.9. The Morgan fingerprint density at radius 1 is 1.28 bits per heavy atom. The van der Waals surface area contributed by atoms with Crippen molar-refractivity contribution in [3.8, 4) is 16.9 Å². The quantitative estimate of drug-likeness (QED) is 0.895. The van der Waals surface area contributed by atoms with Gasteiger partial charge in [0.15, 0.2) is 0 Å². The summed E-state index contributed by atoms with van der Waals surface area (Å²) >= 11 is 0. The Kier molecular flexibility index (Phi) is 3.57. The zero-order valence-corrected chi connectivity index (χ0v) is 9.96. The molecule has 0 fully saturated rings. The van der Waals surface area contributed by atoms with Gasteiger partial charge in [0, 0.05) is 11.8 Å². The van der Waals surface area contributed by atoms with Crippen molar-refractivity contribution in [3.63, 3.8) is 0 Å². The minimum Gasteiger partial charge on any atom is -0.494 e. The molecule has 1 aromatic heterocycles. The molecule has 0 aliphatic heterocycles. The number of aromatic nitrogens is 1. The zero-order valence-electron chi connectivity index (χ0n) is 9.96. The highest BCUT2D eigenvalue weighted by Gasteiger charge is 2.14. The van der Waals surface area contributed by atoms with E-state index >= 15 is 0 Å². The predicted octanol–water partition coefficient (Wildman–Crippen LogP) is 2.38. The third-order valence-electron chi connectivity index (χ3n) is 2.61. The van der Waals surface area contributed by atoms with E-state index in [9.17, 15) is 4.79 Å². The van der Waals surface area contributed by atoms with Gasteiger partial charge >= 0.3 is 5.97 Å². The van der Waals surface area contributed by atoms with Gasteiger partial charge in [-0.1, -0.05) is 30.3 Å². The van der Waals surface area contributed by atoms with Crippen LogP contribution in [0.1, 0.15) is 5.56 Å². The summed E-state index contributed by atoms with van der Waals surface area (Å²) in [6, 6.07) is 9.56. The van der Waals surface area contributed by atoms with Crippen LogP contribution in [0.25, 0.3) is 11.1 Å². The number of carbonyl (C=O) groups is 1. The van der Waals surface area contributed by atoms with E-state index in [0.29, 0.717) is 11.3 Å². The average molecular weight is 243 g/mol. The van der Waals surface area contributed by atoms with E-state index in [2.05, 4.69) is 4.98 Å². The molecule has 1 aromatic carbocycles. The van der Waals surface area contributed by atoms with Crippen LogP contribution in [0.5, 0.6) is 5.75 Å². The van der Waals surface area contributed by atoms with Crippen molar-refractivity contribution in [2.75, 3.05) is 7.11 Å². The molecule has 2 rings (SSSR count). The predicted molar refractivity (Wildman–Crippen MR) is 67.6 cm³/mol. The third-order valence-corrected chi connectivity index (χ3v) is 2.61. The second-order valence-corrected chi connectivity index (χ2v) is 3.81. The van der Waals surface area contributed by atoms with E-state index in [1.54, 1.807) is 19.5 Å². The number of aliphatic carboxylic acids is 1. The SMILES string of the molecule is COc1cncc(CC(=O)O)c1-c1ccccc1. The van der Waals surface area contributed by atoms with Gasteiger partial charge in [0.1, 0.15) is 5.75 Å². The summed E-state index contributed by atoms with van der Waals surface area (Å²) in [5, 5.41) is 8.93. The van der Waals surface area contributed by atoms with Gasteiger partial charge in [-0.15, -0.1) is 0 Å². The molecule has 0 atom stereocenters. The monoisotopic (exact) mass is 243 g/mol. The lowest BCUT2D eigenvalue weighted by Gasteiger charge is -2.12. The van der Waals surface area contributed by atoms with Gasteiger partial charge in [0.25, 0.3) is 0 Å². The molecule has 4 heteroatoms. The van der Waals surface area contributed by atoms with Crippen LogP contribution in [0.3, 0.4) is 0 Å². The minimum absolute atomic E-state index is 0.0750. The first kappa shape index (κ1) is 12.1. The molecule has 2 aromatic rings. The summed E-state index contributed by atoms with van der Waals surface area (Å²) in [5.41, 5.74) is 2.36. The highest BCUT2D eigenvalue weighted by molar-refractivity contribution is 5.79. The molecule has 0 saturated heterocycles. The number of hydrogen-bond donors (Lipinski definition) is 1. The van der Waals surface area contributed by atoms with Gasteiger partial charge in [0.2, 0.25) is 0 Å². The number of nitrogens with zero attached hydrogens (tertiary/aromatic N) is 1. The number of benzene rings is 1. The molecule has 92 valence electrons. The molecule has 0 radical (unpaired) electrons. The van der Waals surface area contributed by atoms with Crippen LogP contribution >= 0.6 is 0 Å². The average Bonchev–Trinajstić information content (AvgIpc) is 2.38. The molecule has 0 spiro atoms. The molecular weight excluding hydrogens is 230 g/mol. The molecule has 0 amide bonds. The highest BCUT2D eigenvalue weighted by atomic mass is 16.5. The van der Waals surface area contributed by atoms with Crippen molar-refractivity contribution in [3.05, 3.63) is 48.3 Å². The summed E-state index contributed by atoms with van der Waals surface area (Å²) < 4.78 is 5.27. The number of ether oxygens (including phenoxy) is 1. The fourth-order valence-corrected chi connectivity index (χ4v) is 1.87. The molecular formula is C14H13NO3. The summed E-state index contributed by atoms with van der Waals surface area (Å²) in [6.07, 6.45) is 3.08. The van der Waals surface area contributed by atoms with Crippen molar-refractivity contribution in [2.24, 2.45) is 0 Å². The number of methoxy groups -OCH3 is 1. The second kappa shape index (κ2) is 5.31. The van der Waals surface area contributed by atoms with E-state index in [-0.39, 0.29) is 6.42 Å². The van der Waals surface area contributed by atoms with Gasteiger partial charge in [0.05, 0.1) is 19.7 Å². The largest absolute Gasteiger partial charge is 0.494 e. The molecule has 0 bridgehead atoms. The fraction of sp³-hybridized carbons (Fsp3) is 0.143. The molecule has 0 aliphatic carbocycles. The molecule has 0 aliphatic rings. The van der Waals surface area contributed by atoms with Crippen molar-refractivity contribution in [2.45, 2.75) is 6.42 Å². The lowest BCUT2D eigenvalue weighted by molar-refractivity contribution is -0.136. The van der Waals surface area contributed by atoms with E-state index in [4.69, 9.17) is 9.84 Å². The number of hydrogen-bond acceptors (Lipinski definition) is 3. The van der Waals surface area contributed by atoms with E-state index in [1.807, 2.05) is 30.3 Å². The molecule has 1 N–H and O–H groups in total. The van der Waals surface area contributed by atoms with Crippen LogP contribution in [-0.2, 0) is 11.2 Å². The maximum Gasteiger partial charge on any atom is 0.307 e. The first-order chi connectivity index (χ1) is 8.72. The molecule has 0 unspecified atom stereocenters. The van der Waals surface area contributed by atoms with Crippen molar-refractivity contribution < 1.29 is 14.6 Å². The summed E-state index contributed by atoms with van der Waals surface area (Å²) in [6.45, 7) is 0. The molecule has 0 saturated carbocycles. The van der Waals surface area contributed by atoms with Crippen LogP contribution in [0, 0.1) is 0 Å². The Morgan fingerprint density at radius 2 is 2.00 bits per heavy atom. The summed E-state index contributed by atoms with van der Waals surface area (Å²) in [5.74, 6) is -0.304. The van der Waals surface area contributed by atoms with E-state index in [0.717, 1.165) is 11.1 Å². The lowest BCUT2D eigenvalue weighted by atomic mass is 9.99. The molecule has 1 heterocycles. The van der Waals surface area contributed by atoms with Crippen molar-refractivity contribution in [1.29, 1.82) is 0 Å². The normalized spacial score (nSPS) is 10.1. The van der Waals surface area contributed by atoms with Crippen LogP contribution in [-0.4, -0.2) is 23.2 Å². The van der Waals surface area contributed by atoms with Crippen LogP contribution in [0.2, 0.25) is 0 Å². The highest BCUT2D eigenvalue weighted by Crippen LogP contribution is 2.32. The zero-order chi connectivity index (χ0) is 13.0. The van der Waals surface area contributed by atoms with Crippen molar-refractivity contribution in [1.82, 2.24) is 4.98 Å². The lowest BCUT2D eigenvalue weighted by Crippen LogP contribution is -2.04. The topological polar surface area (TPSA) is 59.4 Å². The van der Waals surface area contributed by atoms with Crippen LogP contribution < -0.4 is 4.74 Å². The first-order valence-electron chi connectivity index (χ1n) is 5.50. The number of carboxylic acid groups (broad SMARTS) is 1. The molecule has 18 heavy (non-hydrogen) atoms. The number of pyridine rings is 1. The Hall–Kier alpha value is -2.36. The van der Waals surface area contributed by atoms with Crippen LogP contribution in [0.4, 0.5) is 0 Å². The minimum atomic E-state index is -0.887. The standard InChI is InChI=1S/C14H13NO3/c1-18-12-9-15-8-11(7-13(16)17)14(12)10-5-3-2-4-6-10/h2-6,8-9H,7H2,1H3,(H,16,17). The Bertz CT molecular complexity index is 552. The maximum atomic E-state index is 10.9. The fourth-order valence-electron chi connectivity index (χ4n) is 1.87. The van der Waals surface area contributed by atoms with Gasteiger partial charge in [-0.05, 0) is 11.1 Å². The van der Waals surface area contributed by atoms with Crippen LogP contribution in [0.15, 0.2) is 42.7 Å². The number of rotatable bonds is 4. The van der Waals surface area contributed by atoms with Gasteiger partial charge in [-0.3, -0.25) is 9.78 Å². The Balaban J connectivity index is 2.58. The van der Waals surface area contributed by atoms with E-state index < -0.39 is 5.97 Å². The second-order valence-electron chi connectivity index (χ2n) is 3.81. The Labute approximate surface area is 105 Å². The van der Waals surface area contributed by atoms with Gasteiger partial charge in [-0.2, -0.15) is 0 Å². The first-order valence-corrected chi connectivity index (χ1v) is 5.50. The van der Waals surface area contributed by atoms with Gasteiger partial charge in [-0.25, -0.2) is 0 Å².